The number of nitrogens with zero attached hydrogens (tertiary/aromatic N) is 1. The van der Waals surface area contributed by atoms with Crippen molar-refractivity contribution in [1.29, 1.82) is 0 Å². The highest BCUT2D eigenvalue weighted by Gasteiger charge is 2.25. The molecule has 2 nitrogen and oxygen atoms in total. The van der Waals surface area contributed by atoms with Crippen LogP contribution in [0.1, 0.15) is 50.8 Å². The molecule has 0 saturated heterocycles. The van der Waals surface area contributed by atoms with Crippen molar-refractivity contribution in [2.24, 2.45) is 5.92 Å². The first kappa shape index (κ1) is 16.0. The third-order valence-corrected chi connectivity index (χ3v) is 5.86. The van der Waals surface area contributed by atoms with Crippen LogP contribution >= 0.6 is 11.3 Å². The van der Waals surface area contributed by atoms with E-state index in [-0.39, 0.29) is 0 Å². The first-order chi connectivity index (χ1) is 9.70. The van der Waals surface area contributed by atoms with Crippen molar-refractivity contribution in [2.45, 2.75) is 64.6 Å². The van der Waals surface area contributed by atoms with Crippen molar-refractivity contribution in [2.75, 3.05) is 13.6 Å². The summed E-state index contributed by atoms with van der Waals surface area (Å²) in [6, 6.07) is 5.76. The molecule has 0 aromatic carbocycles. The Morgan fingerprint density at radius 3 is 2.70 bits per heavy atom. The van der Waals surface area contributed by atoms with Crippen molar-refractivity contribution in [1.82, 2.24) is 10.2 Å². The van der Waals surface area contributed by atoms with Crippen LogP contribution in [0, 0.1) is 5.92 Å². The van der Waals surface area contributed by atoms with Crippen LogP contribution in [0.2, 0.25) is 0 Å². The molecule has 0 amide bonds. The lowest BCUT2D eigenvalue weighted by atomic mass is 9.84. The van der Waals surface area contributed by atoms with Gasteiger partial charge in [0.15, 0.2) is 0 Å². The Balaban J connectivity index is 1.67. The van der Waals surface area contributed by atoms with Crippen molar-refractivity contribution in [3.63, 3.8) is 0 Å². The zero-order valence-electron chi connectivity index (χ0n) is 13.3. The summed E-state index contributed by atoms with van der Waals surface area (Å²) in [4.78, 5) is 4.04. The Morgan fingerprint density at radius 1 is 1.35 bits per heavy atom. The van der Waals surface area contributed by atoms with Gasteiger partial charge >= 0.3 is 0 Å². The van der Waals surface area contributed by atoms with Gasteiger partial charge in [0.1, 0.15) is 0 Å². The fourth-order valence-electron chi connectivity index (χ4n) is 3.28. The summed E-state index contributed by atoms with van der Waals surface area (Å²) < 4.78 is 0. The molecule has 1 N–H and O–H groups in total. The lowest BCUT2D eigenvalue weighted by Crippen LogP contribution is -2.45. The molecule has 1 unspecified atom stereocenters. The molecule has 0 spiro atoms. The molecule has 2 rings (SSSR count). The molecule has 1 fully saturated rings. The third-order valence-electron chi connectivity index (χ3n) is 4.98. The van der Waals surface area contributed by atoms with E-state index in [2.05, 4.69) is 48.6 Å². The second-order valence-corrected chi connectivity index (χ2v) is 7.34. The maximum absolute atomic E-state index is 3.60. The third kappa shape index (κ3) is 4.57. The maximum atomic E-state index is 3.60. The standard InChI is InChI=1S/C17H30N2S/c1-4-15-7-9-16(10-8-15)19(3)14(2)12-18-13-17-6-5-11-20-17/h5-6,11,14-16,18H,4,7-10,12-13H2,1-3H3. The molecule has 1 heterocycles. The molecule has 1 aliphatic carbocycles. The largest absolute Gasteiger partial charge is 0.310 e. The molecule has 3 heteroatoms. The second-order valence-electron chi connectivity index (χ2n) is 6.31. The van der Waals surface area contributed by atoms with Crippen LogP contribution in [0.3, 0.4) is 0 Å². The van der Waals surface area contributed by atoms with E-state index in [1.807, 2.05) is 11.3 Å². The zero-order valence-corrected chi connectivity index (χ0v) is 14.1. The van der Waals surface area contributed by atoms with Gasteiger partial charge in [0.2, 0.25) is 0 Å². The fourth-order valence-corrected chi connectivity index (χ4v) is 3.96. The molecule has 0 bridgehead atoms. The van der Waals surface area contributed by atoms with Crippen LogP contribution in [0.15, 0.2) is 17.5 Å². The van der Waals surface area contributed by atoms with Gasteiger partial charge in [-0.2, -0.15) is 0 Å². The topological polar surface area (TPSA) is 15.3 Å². The van der Waals surface area contributed by atoms with E-state index in [0.717, 1.165) is 25.0 Å². The van der Waals surface area contributed by atoms with Crippen LogP contribution < -0.4 is 5.32 Å². The van der Waals surface area contributed by atoms with Gasteiger partial charge < -0.3 is 5.32 Å². The number of nitrogens with one attached hydrogen (secondary N) is 1. The Labute approximate surface area is 128 Å². The minimum absolute atomic E-state index is 0.623. The second kappa shape index (κ2) is 8.16. The smallest absolute Gasteiger partial charge is 0.0300 e. The van der Waals surface area contributed by atoms with Crippen molar-refractivity contribution in [3.05, 3.63) is 22.4 Å². The van der Waals surface area contributed by atoms with Crippen molar-refractivity contribution in [3.8, 4) is 0 Å². The molecular formula is C17H30N2S. The SMILES string of the molecule is CCC1CCC(N(C)C(C)CNCc2cccs2)CC1. The summed E-state index contributed by atoms with van der Waals surface area (Å²) in [7, 11) is 2.31. The molecule has 1 aliphatic rings. The van der Waals surface area contributed by atoms with Gasteiger partial charge in [0, 0.05) is 30.1 Å². The number of hydrogen-bond acceptors (Lipinski definition) is 3. The molecule has 1 atom stereocenters. The highest BCUT2D eigenvalue weighted by Crippen LogP contribution is 2.29. The average Bonchev–Trinajstić information content (AvgIpc) is 2.99. The highest BCUT2D eigenvalue weighted by molar-refractivity contribution is 7.09. The number of hydrogen-bond donors (Lipinski definition) is 1. The van der Waals surface area contributed by atoms with E-state index < -0.39 is 0 Å². The molecule has 0 radical (unpaired) electrons. The van der Waals surface area contributed by atoms with E-state index in [0.29, 0.717) is 6.04 Å². The predicted octanol–water partition coefficient (Wildman–Crippen LogP) is 4.13. The van der Waals surface area contributed by atoms with Gasteiger partial charge in [0.05, 0.1) is 0 Å². The Hall–Kier alpha value is -0.380. The summed E-state index contributed by atoms with van der Waals surface area (Å²) in [6.07, 6.45) is 7.02. The highest BCUT2D eigenvalue weighted by atomic mass is 32.1. The lowest BCUT2D eigenvalue weighted by Gasteiger charge is -2.38. The molecule has 114 valence electrons. The minimum atomic E-state index is 0.623. The number of thiophene rings is 1. The Bertz CT molecular complexity index is 355. The summed E-state index contributed by atoms with van der Waals surface area (Å²) >= 11 is 1.84. The monoisotopic (exact) mass is 294 g/mol. The molecule has 1 aromatic heterocycles. The predicted molar refractivity (Wildman–Crippen MR) is 89.3 cm³/mol. The van der Waals surface area contributed by atoms with Crippen molar-refractivity contribution < 1.29 is 0 Å². The van der Waals surface area contributed by atoms with Crippen LogP contribution in [-0.4, -0.2) is 30.6 Å². The summed E-state index contributed by atoms with van der Waals surface area (Å²) in [5.41, 5.74) is 0. The molecule has 1 saturated carbocycles. The molecular weight excluding hydrogens is 264 g/mol. The normalized spacial score (nSPS) is 25.0. The van der Waals surface area contributed by atoms with Gasteiger partial charge in [-0.3, -0.25) is 4.90 Å². The van der Waals surface area contributed by atoms with E-state index >= 15 is 0 Å². The number of likely N-dealkylation sites (N-methyl/N-ethyl adjacent to an activating group) is 1. The van der Waals surface area contributed by atoms with Crippen LogP contribution in [0.5, 0.6) is 0 Å². The van der Waals surface area contributed by atoms with Crippen LogP contribution in [0.25, 0.3) is 0 Å². The van der Waals surface area contributed by atoms with Gasteiger partial charge in [-0.15, -0.1) is 11.3 Å². The first-order valence-corrected chi connectivity index (χ1v) is 9.03. The maximum Gasteiger partial charge on any atom is 0.0300 e. The van der Waals surface area contributed by atoms with Gasteiger partial charge in [0.25, 0.3) is 0 Å². The average molecular weight is 295 g/mol. The van der Waals surface area contributed by atoms with E-state index in [1.54, 1.807) is 0 Å². The number of rotatable bonds is 7. The molecule has 20 heavy (non-hydrogen) atoms. The first-order valence-electron chi connectivity index (χ1n) is 8.15. The summed E-state index contributed by atoms with van der Waals surface area (Å²) in [5.74, 6) is 0.993. The van der Waals surface area contributed by atoms with Gasteiger partial charge in [-0.05, 0) is 57.0 Å². The van der Waals surface area contributed by atoms with E-state index in [1.165, 1.54) is 37.0 Å². The van der Waals surface area contributed by atoms with E-state index in [4.69, 9.17) is 0 Å². The zero-order chi connectivity index (χ0) is 14.4. The van der Waals surface area contributed by atoms with E-state index in [9.17, 15) is 0 Å². The quantitative estimate of drug-likeness (QED) is 0.813. The van der Waals surface area contributed by atoms with Gasteiger partial charge in [-0.1, -0.05) is 19.4 Å². The summed E-state index contributed by atoms with van der Waals surface area (Å²) in [5, 5.41) is 5.75. The van der Waals surface area contributed by atoms with Gasteiger partial charge in [-0.25, -0.2) is 0 Å². The van der Waals surface area contributed by atoms with Crippen molar-refractivity contribution >= 4 is 11.3 Å². The Kier molecular flexibility index (Phi) is 6.53. The molecule has 1 aromatic rings. The molecule has 0 aliphatic heterocycles. The lowest BCUT2D eigenvalue weighted by molar-refractivity contribution is 0.125. The van der Waals surface area contributed by atoms with Crippen LogP contribution in [0.4, 0.5) is 0 Å². The minimum Gasteiger partial charge on any atom is -0.310 e. The van der Waals surface area contributed by atoms with Crippen LogP contribution in [-0.2, 0) is 6.54 Å². The Morgan fingerprint density at radius 2 is 2.10 bits per heavy atom. The fraction of sp³-hybridized carbons (Fsp3) is 0.765. The summed E-state index contributed by atoms with van der Waals surface area (Å²) in [6.45, 7) is 6.79.